The number of fused-ring (bicyclic) bond motifs is 1. The molecule has 1 aliphatic rings. The Morgan fingerprint density at radius 3 is 2.72 bits per heavy atom. The Bertz CT molecular complexity index is 1110. The van der Waals surface area contributed by atoms with Crippen molar-refractivity contribution in [2.24, 2.45) is 5.73 Å². The van der Waals surface area contributed by atoms with Crippen molar-refractivity contribution in [3.05, 3.63) is 75.6 Å². The second-order valence-electron chi connectivity index (χ2n) is 6.64. The number of nitriles is 1. The summed E-state index contributed by atoms with van der Waals surface area (Å²) in [6.45, 7) is 2.63. The van der Waals surface area contributed by atoms with Crippen LogP contribution in [0.5, 0.6) is 11.6 Å². The second kappa shape index (κ2) is 8.02. The number of benzene rings is 2. The third-order valence-corrected chi connectivity index (χ3v) is 5.29. The molecule has 4 rings (SSSR count). The molecule has 3 aromatic rings. The van der Waals surface area contributed by atoms with E-state index in [2.05, 4.69) is 39.1 Å². The lowest BCUT2D eigenvalue weighted by molar-refractivity contribution is 0.312. The van der Waals surface area contributed by atoms with Gasteiger partial charge in [0.1, 0.15) is 17.4 Å². The highest BCUT2D eigenvalue weighted by Gasteiger charge is 2.37. The van der Waals surface area contributed by atoms with Crippen LogP contribution in [0.3, 0.4) is 0 Å². The summed E-state index contributed by atoms with van der Waals surface area (Å²) in [4.78, 5) is 0. The molecule has 7 heteroatoms. The number of hydrogen-bond donors (Lipinski definition) is 2. The number of nitrogens with one attached hydrogen (secondary N) is 1. The first-order chi connectivity index (χ1) is 14.1. The van der Waals surface area contributed by atoms with Gasteiger partial charge in [-0.3, -0.25) is 5.10 Å². The average molecular weight is 451 g/mol. The topological polar surface area (TPSA) is 96.9 Å². The average Bonchev–Trinajstić information content (AvgIpc) is 3.15. The minimum atomic E-state index is -0.450. The molecule has 0 radical (unpaired) electrons. The van der Waals surface area contributed by atoms with E-state index in [0.717, 1.165) is 39.0 Å². The van der Waals surface area contributed by atoms with E-state index in [1.165, 1.54) is 0 Å². The maximum atomic E-state index is 9.88. The number of ether oxygens (including phenoxy) is 2. The van der Waals surface area contributed by atoms with Crippen molar-refractivity contribution in [3.63, 3.8) is 0 Å². The summed E-state index contributed by atoms with van der Waals surface area (Å²) in [6.07, 6.45) is 0.881. The van der Waals surface area contributed by atoms with Gasteiger partial charge in [-0.25, -0.2) is 0 Å². The van der Waals surface area contributed by atoms with Gasteiger partial charge in [0, 0.05) is 15.6 Å². The van der Waals surface area contributed by atoms with Gasteiger partial charge in [-0.1, -0.05) is 53.2 Å². The summed E-state index contributed by atoms with van der Waals surface area (Å²) >= 11 is 3.46. The molecular formula is C22H19BrN4O2. The summed E-state index contributed by atoms with van der Waals surface area (Å²) in [5, 5.41) is 17.3. The number of aromatic amines is 1. The number of nitrogens with two attached hydrogens (primary N) is 1. The molecule has 0 amide bonds. The smallest absolute Gasteiger partial charge is 0.244 e. The molecule has 3 N–H and O–H groups in total. The van der Waals surface area contributed by atoms with Gasteiger partial charge >= 0.3 is 0 Å². The number of H-pyrrole nitrogens is 1. The molecule has 1 atom stereocenters. The SMILES string of the molecule is CCCOc1ccccc1[C@H]1C(C#N)=C(N)Oc2n[nH]c(-c3ccc(Br)cc3)c21. The Balaban J connectivity index is 1.92. The van der Waals surface area contributed by atoms with Crippen LogP contribution in [-0.2, 0) is 0 Å². The van der Waals surface area contributed by atoms with E-state index < -0.39 is 5.92 Å². The first kappa shape index (κ1) is 19.1. The highest BCUT2D eigenvalue weighted by Crippen LogP contribution is 2.47. The van der Waals surface area contributed by atoms with E-state index >= 15 is 0 Å². The Morgan fingerprint density at radius 2 is 2.00 bits per heavy atom. The molecule has 0 aliphatic carbocycles. The highest BCUT2D eigenvalue weighted by atomic mass is 79.9. The second-order valence-corrected chi connectivity index (χ2v) is 7.55. The molecule has 2 aromatic carbocycles. The number of nitrogens with zero attached hydrogens (tertiary/aromatic N) is 2. The van der Waals surface area contributed by atoms with Crippen LogP contribution in [0.15, 0.2) is 64.5 Å². The predicted octanol–water partition coefficient (Wildman–Crippen LogP) is 4.85. The molecule has 29 heavy (non-hydrogen) atoms. The number of halogens is 1. The van der Waals surface area contributed by atoms with Crippen LogP contribution >= 0.6 is 15.9 Å². The quantitative estimate of drug-likeness (QED) is 0.578. The van der Waals surface area contributed by atoms with Crippen molar-refractivity contribution in [1.29, 1.82) is 5.26 Å². The zero-order valence-electron chi connectivity index (χ0n) is 15.8. The molecule has 146 valence electrons. The van der Waals surface area contributed by atoms with Crippen LogP contribution in [0.25, 0.3) is 11.3 Å². The first-order valence-corrected chi connectivity index (χ1v) is 10.1. The van der Waals surface area contributed by atoms with Gasteiger partial charge in [0.2, 0.25) is 11.8 Å². The van der Waals surface area contributed by atoms with E-state index in [0.29, 0.717) is 18.1 Å². The van der Waals surface area contributed by atoms with Gasteiger partial charge in [-0.2, -0.15) is 5.26 Å². The van der Waals surface area contributed by atoms with E-state index in [-0.39, 0.29) is 5.88 Å². The Morgan fingerprint density at radius 1 is 1.24 bits per heavy atom. The van der Waals surface area contributed by atoms with Crippen molar-refractivity contribution in [2.45, 2.75) is 19.3 Å². The summed E-state index contributed by atoms with van der Waals surface area (Å²) in [5.41, 5.74) is 9.75. The molecule has 0 spiro atoms. The van der Waals surface area contributed by atoms with Gasteiger partial charge in [-0.05, 0) is 24.6 Å². The van der Waals surface area contributed by atoms with Gasteiger partial charge in [0.05, 0.1) is 23.8 Å². The van der Waals surface area contributed by atoms with Crippen LogP contribution in [0.4, 0.5) is 0 Å². The lowest BCUT2D eigenvalue weighted by Crippen LogP contribution is -2.21. The van der Waals surface area contributed by atoms with E-state index in [1.54, 1.807) is 0 Å². The normalized spacial score (nSPS) is 15.4. The molecule has 0 saturated heterocycles. The Labute approximate surface area is 177 Å². The fraction of sp³-hybridized carbons (Fsp3) is 0.182. The largest absolute Gasteiger partial charge is 0.493 e. The van der Waals surface area contributed by atoms with Gasteiger partial charge < -0.3 is 15.2 Å². The van der Waals surface area contributed by atoms with Gasteiger partial charge in [-0.15, -0.1) is 5.10 Å². The lowest BCUT2D eigenvalue weighted by atomic mass is 9.82. The number of aromatic nitrogens is 2. The highest BCUT2D eigenvalue weighted by molar-refractivity contribution is 9.10. The minimum Gasteiger partial charge on any atom is -0.493 e. The van der Waals surface area contributed by atoms with Crippen molar-refractivity contribution >= 4 is 15.9 Å². The molecule has 1 aliphatic heterocycles. The van der Waals surface area contributed by atoms with Crippen molar-refractivity contribution in [3.8, 4) is 29.0 Å². The van der Waals surface area contributed by atoms with Gasteiger partial charge in [0.15, 0.2) is 0 Å². The Hall–Kier alpha value is -3.24. The monoisotopic (exact) mass is 450 g/mol. The standard InChI is InChI=1S/C22H19BrN4O2/c1-2-11-28-17-6-4-3-5-15(17)18-16(12-24)21(25)29-22-19(18)20(26-27-22)13-7-9-14(23)10-8-13/h3-10,18H,2,11,25H2,1H3,(H,26,27)/t18-/m0/s1. The predicted molar refractivity (Wildman–Crippen MR) is 113 cm³/mol. The maximum absolute atomic E-state index is 9.88. The van der Waals surface area contributed by atoms with Crippen molar-refractivity contribution < 1.29 is 9.47 Å². The molecule has 0 saturated carbocycles. The molecule has 2 heterocycles. The molecule has 6 nitrogen and oxygen atoms in total. The third-order valence-electron chi connectivity index (χ3n) is 4.76. The number of hydrogen-bond acceptors (Lipinski definition) is 5. The molecule has 0 unspecified atom stereocenters. The number of para-hydroxylation sites is 1. The summed E-state index contributed by atoms with van der Waals surface area (Å²) < 4.78 is 12.6. The van der Waals surface area contributed by atoms with E-state index in [9.17, 15) is 5.26 Å². The summed E-state index contributed by atoms with van der Waals surface area (Å²) in [7, 11) is 0. The fourth-order valence-electron chi connectivity index (χ4n) is 3.46. The first-order valence-electron chi connectivity index (χ1n) is 9.27. The minimum absolute atomic E-state index is 0.0594. The number of allylic oxidation sites excluding steroid dienone is 1. The van der Waals surface area contributed by atoms with Crippen LogP contribution in [0.1, 0.15) is 30.4 Å². The molecule has 0 fully saturated rings. The van der Waals surface area contributed by atoms with E-state index in [1.807, 2.05) is 48.5 Å². The van der Waals surface area contributed by atoms with Crippen LogP contribution < -0.4 is 15.2 Å². The maximum Gasteiger partial charge on any atom is 0.244 e. The Kier molecular flexibility index (Phi) is 5.28. The van der Waals surface area contributed by atoms with Crippen LogP contribution in [-0.4, -0.2) is 16.8 Å². The van der Waals surface area contributed by atoms with Crippen molar-refractivity contribution in [1.82, 2.24) is 10.2 Å². The summed E-state index contributed by atoms with van der Waals surface area (Å²) in [6, 6.07) is 17.8. The zero-order valence-corrected chi connectivity index (χ0v) is 17.4. The molecule has 0 bridgehead atoms. The summed E-state index contributed by atoms with van der Waals surface area (Å²) in [5.74, 6) is 0.698. The fourth-order valence-corrected chi connectivity index (χ4v) is 3.72. The lowest BCUT2D eigenvalue weighted by Gasteiger charge is -2.25. The molecule has 1 aromatic heterocycles. The van der Waals surface area contributed by atoms with Gasteiger partial charge in [0.25, 0.3) is 0 Å². The zero-order chi connectivity index (χ0) is 20.4. The van der Waals surface area contributed by atoms with Crippen molar-refractivity contribution in [2.75, 3.05) is 6.61 Å². The third kappa shape index (κ3) is 3.47. The van der Waals surface area contributed by atoms with E-state index in [4.69, 9.17) is 15.2 Å². The number of rotatable bonds is 5. The van der Waals surface area contributed by atoms with Crippen LogP contribution in [0.2, 0.25) is 0 Å². The molecular weight excluding hydrogens is 432 g/mol. The van der Waals surface area contributed by atoms with Crippen LogP contribution in [0, 0.1) is 11.3 Å².